The van der Waals surface area contributed by atoms with Gasteiger partial charge in [-0.05, 0) is 59.9 Å². The van der Waals surface area contributed by atoms with Crippen molar-refractivity contribution in [2.24, 2.45) is 0 Å². The summed E-state index contributed by atoms with van der Waals surface area (Å²) in [5.41, 5.74) is 1.06. The van der Waals surface area contributed by atoms with E-state index in [9.17, 15) is 0 Å². The van der Waals surface area contributed by atoms with Crippen LogP contribution in [-0.4, -0.2) is 0 Å². The van der Waals surface area contributed by atoms with Crippen molar-refractivity contribution in [3.8, 4) is 0 Å². The van der Waals surface area contributed by atoms with Crippen molar-refractivity contribution in [3.63, 3.8) is 0 Å². The fourth-order valence-electron chi connectivity index (χ4n) is 1.17. The highest BCUT2D eigenvalue weighted by atomic mass is 79.9. The predicted molar refractivity (Wildman–Crippen MR) is 84.4 cm³/mol. The first kappa shape index (κ1) is 13.8. The van der Waals surface area contributed by atoms with E-state index in [-0.39, 0.29) is 5.38 Å². The molecule has 0 aliphatic heterocycles. The SMILES string of the molecule is Clc1sc(C(Cl)c2cc(Br)sc2Br)cc1Br. The first-order valence-corrected chi connectivity index (χ1v) is 8.85. The molecule has 0 nitrogen and oxygen atoms in total. The zero-order valence-electron chi connectivity index (χ0n) is 7.44. The van der Waals surface area contributed by atoms with Gasteiger partial charge in [-0.15, -0.1) is 34.3 Å². The highest BCUT2D eigenvalue weighted by Gasteiger charge is 2.19. The van der Waals surface area contributed by atoms with Crippen LogP contribution in [0.1, 0.15) is 15.8 Å². The lowest BCUT2D eigenvalue weighted by Crippen LogP contribution is -1.87. The smallest absolute Gasteiger partial charge is 0.107 e. The number of rotatable bonds is 2. The Hall–Kier alpha value is 1.42. The molecule has 1 unspecified atom stereocenters. The van der Waals surface area contributed by atoms with Crippen molar-refractivity contribution < 1.29 is 0 Å². The fourth-order valence-corrected chi connectivity index (χ4v) is 6.37. The van der Waals surface area contributed by atoms with Crippen LogP contribution in [0.4, 0.5) is 0 Å². The van der Waals surface area contributed by atoms with Gasteiger partial charge in [0, 0.05) is 14.9 Å². The van der Waals surface area contributed by atoms with E-state index < -0.39 is 0 Å². The molecule has 86 valence electrons. The standard InChI is InChI=1S/C9H3Br3Cl2S2/c10-4-2-5(15-9(4)14)7(13)3-1-6(11)16-8(3)12/h1-2,7H. The Morgan fingerprint density at radius 1 is 1.12 bits per heavy atom. The van der Waals surface area contributed by atoms with Gasteiger partial charge < -0.3 is 0 Å². The number of hydrogen-bond donors (Lipinski definition) is 0. The van der Waals surface area contributed by atoms with Crippen LogP contribution in [0.15, 0.2) is 24.2 Å². The third-order valence-corrected chi connectivity index (χ3v) is 7.40. The minimum atomic E-state index is -0.175. The number of alkyl halides is 1. The summed E-state index contributed by atoms with van der Waals surface area (Å²) in [6, 6.07) is 3.98. The molecule has 0 amide bonds. The summed E-state index contributed by atoms with van der Waals surface area (Å²) in [4.78, 5) is 1.03. The molecule has 2 rings (SSSR count). The average Bonchev–Trinajstić information content (AvgIpc) is 2.70. The summed E-state index contributed by atoms with van der Waals surface area (Å²) < 4.78 is 3.72. The van der Waals surface area contributed by atoms with Gasteiger partial charge in [0.1, 0.15) is 4.34 Å². The van der Waals surface area contributed by atoms with E-state index >= 15 is 0 Å². The molecule has 0 saturated carbocycles. The van der Waals surface area contributed by atoms with Gasteiger partial charge in [0.15, 0.2) is 0 Å². The maximum absolute atomic E-state index is 6.42. The molecule has 2 aromatic heterocycles. The monoisotopic (exact) mass is 482 g/mol. The summed E-state index contributed by atoms with van der Waals surface area (Å²) >= 11 is 25.9. The zero-order chi connectivity index (χ0) is 11.9. The number of thiophene rings is 2. The third-order valence-electron chi connectivity index (χ3n) is 1.87. The third kappa shape index (κ3) is 2.87. The Morgan fingerprint density at radius 2 is 1.81 bits per heavy atom. The van der Waals surface area contributed by atoms with E-state index in [0.29, 0.717) is 0 Å². The molecule has 0 N–H and O–H groups in total. The van der Waals surface area contributed by atoms with Gasteiger partial charge in [-0.1, -0.05) is 11.6 Å². The molecular weight excluding hydrogens is 483 g/mol. The first-order valence-electron chi connectivity index (χ1n) is 4.02. The van der Waals surface area contributed by atoms with Crippen LogP contribution in [0.25, 0.3) is 0 Å². The predicted octanol–water partition coefficient (Wildman–Crippen LogP) is 7.08. The van der Waals surface area contributed by atoms with Crippen molar-refractivity contribution in [2.75, 3.05) is 0 Å². The van der Waals surface area contributed by atoms with Gasteiger partial charge in [-0.3, -0.25) is 0 Å². The quantitative estimate of drug-likeness (QED) is 0.399. The summed E-state index contributed by atoms with van der Waals surface area (Å²) in [6.45, 7) is 0. The molecule has 0 fully saturated rings. The van der Waals surface area contributed by atoms with Crippen LogP contribution in [0, 0.1) is 0 Å². The van der Waals surface area contributed by atoms with Crippen molar-refractivity contribution in [2.45, 2.75) is 5.38 Å². The second-order valence-electron chi connectivity index (χ2n) is 2.91. The van der Waals surface area contributed by atoms with Gasteiger partial charge >= 0.3 is 0 Å². The number of halogens is 5. The molecule has 0 aliphatic rings. The van der Waals surface area contributed by atoms with Gasteiger partial charge in [0.2, 0.25) is 0 Å². The lowest BCUT2D eigenvalue weighted by atomic mass is 10.2. The molecule has 0 saturated heterocycles. The molecule has 7 heteroatoms. The minimum Gasteiger partial charge on any atom is -0.125 e. The van der Waals surface area contributed by atoms with Crippen molar-refractivity contribution in [3.05, 3.63) is 39.0 Å². The average molecular weight is 486 g/mol. The summed E-state index contributed by atoms with van der Waals surface area (Å²) in [5, 5.41) is -0.175. The van der Waals surface area contributed by atoms with Crippen molar-refractivity contribution >= 4 is 93.7 Å². The molecule has 1 atom stereocenters. The molecule has 0 radical (unpaired) electrons. The minimum absolute atomic E-state index is 0.175. The molecule has 2 aromatic rings. The van der Waals surface area contributed by atoms with E-state index in [1.807, 2.05) is 12.1 Å². The Bertz CT molecular complexity index is 501. The summed E-state index contributed by atoms with van der Waals surface area (Å²) in [7, 11) is 0. The van der Waals surface area contributed by atoms with Crippen LogP contribution >= 0.6 is 93.7 Å². The molecule has 0 aliphatic carbocycles. The maximum Gasteiger partial charge on any atom is 0.107 e. The largest absolute Gasteiger partial charge is 0.125 e. The Morgan fingerprint density at radius 3 is 2.25 bits per heavy atom. The van der Waals surface area contributed by atoms with Crippen molar-refractivity contribution in [1.29, 1.82) is 0 Å². The van der Waals surface area contributed by atoms with E-state index in [4.69, 9.17) is 23.2 Å². The van der Waals surface area contributed by atoms with Gasteiger partial charge in [0.25, 0.3) is 0 Å². The summed E-state index contributed by atoms with van der Waals surface area (Å²) in [5.74, 6) is 0. The van der Waals surface area contributed by atoms with Gasteiger partial charge in [0.05, 0.1) is 12.9 Å². The normalized spacial score (nSPS) is 13.1. The molecule has 0 bridgehead atoms. The van der Waals surface area contributed by atoms with Gasteiger partial charge in [-0.2, -0.15) is 0 Å². The van der Waals surface area contributed by atoms with Crippen LogP contribution in [0.5, 0.6) is 0 Å². The Balaban J connectivity index is 2.38. The maximum atomic E-state index is 6.42. The highest BCUT2D eigenvalue weighted by Crippen LogP contribution is 2.45. The second kappa shape index (κ2) is 5.59. The lowest BCUT2D eigenvalue weighted by Gasteiger charge is -2.04. The molecular formula is C9H3Br3Cl2S2. The molecule has 0 aromatic carbocycles. The van der Waals surface area contributed by atoms with Crippen LogP contribution in [0.3, 0.4) is 0 Å². The Labute approximate surface area is 136 Å². The van der Waals surface area contributed by atoms with Gasteiger partial charge in [-0.25, -0.2) is 0 Å². The summed E-state index contributed by atoms with van der Waals surface area (Å²) in [6.07, 6.45) is 0. The topological polar surface area (TPSA) is 0 Å². The highest BCUT2D eigenvalue weighted by molar-refractivity contribution is 9.12. The van der Waals surface area contributed by atoms with E-state index in [2.05, 4.69) is 47.8 Å². The van der Waals surface area contributed by atoms with Crippen molar-refractivity contribution in [1.82, 2.24) is 0 Å². The first-order chi connectivity index (χ1) is 7.49. The molecule has 16 heavy (non-hydrogen) atoms. The molecule has 2 heterocycles. The zero-order valence-corrected chi connectivity index (χ0v) is 15.3. The van der Waals surface area contributed by atoms with E-state index in [1.54, 1.807) is 11.3 Å². The lowest BCUT2D eigenvalue weighted by molar-refractivity contribution is 1.19. The van der Waals surface area contributed by atoms with Crippen LogP contribution in [0.2, 0.25) is 4.34 Å². The number of hydrogen-bond acceptors (Lipinski definition) is 2. The fraction of sp³-hybridized carbons (Fsp3) is 0.111. The van der Waals surface area contributed by atoms with E-state index in [1.165, 1.54) is 11.3 Å². The Kier molecular flexibility index (Phi) is 4.84. The second-order valence-corrected chi connectivity index (χ2v) is 9.64. The van der Waals surface area contributed by atoms with Crippen LogP contribution < -0.4 is 0 Å². The van der Waals surface area contributed by atoms with E-state index in [0.717, 1.165) is 26.8 Å². The molecule has 0 spiro atoms. The van der Waals surface area contributed by atoms with Crippen LogP contribution in [-0.2, 0) is 0 Å².